The van der Waals surface area contributed by atoms with E-state index in [4.69, 9.17) is 11.6 Å². The Morgan fingerprint density at radius 3 is 2.78 bits per heavy atom. The summed E-state index contributed by atoms with van der Waals surface area (Å²) in [6, 6.07) is 3.91. The van der Waals surface area contributed by atoms with Crippen molar-refractivity contribution < 1.29 is 4.79 Å². The largest absolute Gasteiger partial charge is 0.325 e. The second kappa shape index (κ2) is 5.62. The van der Waals surface area contributed by atoms with Crippen molar-refractivity contribution in [1.82, 2.24) is 0 Å². The van der Waals surface area contributed by atoms with E-state index in [0.29, 0.717) is 12.3 Å². The van der Waals surface area contributed by atoms with Gasteiger partial charge in [-0.1, -0.05) is 47.4 Å². The first-order chi connectivity index (χ1) is 8.47. The van der Waals surface area contributed by atoms with Gasteiger partial charge in [-0.3, -0.25) is 4.79 Å². The summed E-state index contributed by atoms with van der Waals surface area (Å²) in [5.74, 6) is 0.730. The molecule has 1 aromatic carbocycles. The van der Waals surface area contributed by atoms with E-state index < -0.39 is 0 Å². The Morgan fingerprint density at radius 2 is 2.11 bits per heavy atom. The van der Waals surface area contributed by atoms with E-state index in [1.807, 2.05) is 6.07 Å². The Bertz CT molecular complexity index is 473. The molecule has 0 saturated heterocycles. The number of rotatable bonds is 4. The first-order valence-electron chi connectivity index (χ1n) is 6.23. The Hall–Kier alpha value is -0.540. The van der Waals surface area contributed by atoms with Gasteiger partial charge in [-0.15, -0.1) is 0 Å². The van der Waals surface area contributed by atoms with E-state index in [2.05, 4.69) is 41.2 Å². The minimum atomic E-state index is 0.0477. The van der Waals surface area contributed by atoms with Crippen molar-refractivity contribution in [3.8, 4) is 0 Å². The van der Waals surface area contributed by atoms with Gasteiger partial charge < -0.3 is 5.32 Å². The lowest BCUT2D eigenvalue weighted by molar-refractivity contribution is -0.115. The van der Waals surface area contributed by atoms with Crippen LogP contribution in [0.4, 0.5) is 5.69 Å². The molecule has 1 aromatic rings. The molecule has 1 N–H and O–H groups in total. The molecule has 0 radical (unpaired) electrons. The molecule has 18 heavy (non-hydrogen) atoms. The molecule has 1 aliphatic heterocycles. The molecule has 1 amide bonds. The van der Waals surface area contributed by atoms with Gasteiger partial charge >= 0.3 is 0 Å². The van der Waals surface area contributed by atoms with E-state index in [0.717, 1.165) is 34.7 Å². The maximum absolute atomic E-state index is 11.3. The van der Waals surface area contributed by atoms with E-state index >= 15 is 0 Å². The predicted octanol–water partition coefficient (Wildman–Crippen LogP) is 4.71. The van der Waals surface area contributed by atoms with Crippen LogP contribution in [0.25, 0.3) is 0 Å². The topological polar surface area (TPSA) is 29.1 Å². The summed E-state index contributed by atoms with van der Waals surface area (Å²) in [5.41, 5.74) is 3.00. The van der Waals surface area contributed by atoms with Crippen molar-refractivity contribution in [3.63, 3.8) is 0 Å². The van der Waals surface area contributed by atoms with Crippen LogP contribution in [-0.2, 0) is 11.2 Å². The minimum absolute atomic E-state index is 0.0477. The highest BCUT2D eigenvalue weighted by Gasteiger charge is 2.21. The van der Waals surface area contributed by atoms with Crippen molar-refractivity contribution in [2.45, 2.75) is 37.9 Å². The maximum atomic E-state index is 11.3. The van der Waals surface area contributed by atoms with Crippen LogP contribution in [0.2, 0.25) is 5.02 Å². The lowest BCUT2D eigenvalue weighted by atomic mass is 10.00. The minimum Gasteiger partial charge on any atom is -0.325 e. The summed E-state index contributed by atoms with van der Waals surface area (Å²) in [4.78, 5) is 11.6. The molecular weight excluding hydrogens is 314 g/mol. The number of carbonyl (C=O) groups is 1. The van der Waals surface area contributed by atoms with Gasteiger partial charge in [0.15, 0.2) is 0 Å². The van der Waals surface area contributed by atoms with E-state index in [1.54, 1.807) is 0 Å². The Balaban J connectivity index is 2.19. The monoisotopic (exact) mass is 329 g/mol. The van der Waals surface area contributed by atoms with Gasteiger partial charge in [0.25, 0.3) is 0 Å². The highest BCUT2D eigenvalue weighted by molar-refractivity contribution is 9.09. The van der Waals surface area contributed by atoms with Gasteiger partial charge in [-0.2, -0.15) is 0 Å². The lowest BCUT2D eigenvalue weighted by Crippen LogP contribution is -2.03. The van der Waals surface area contributed by atoms with Crippen molar-refractivity contribution in [3.05, 3.63) is 28.3 Å². The number of carbonyl (C=O) groups excluding carboxylic acids is 1. The van der Waals surface area contributed by atoms with Crippen LogP contribution in [0.5, 0.6) is 0 Å². The van der Waals surface area contributed by atoms with Gasteiger partial charge in [0, 0.05) is 15.5 Å². The van der Waals surface area contributed by atoms with Gasteiger partial charge in [-0.25, -0.2) is 0 Å². The van der Waals surface area contributed by atoms with Gasteiger partial charge in [0.1, 0.15) is 0 Å². The average Bonchev–Trinajstić information content (AvgIpc) is 2.64. The molecule has 4 heteroatoms. The molecular formula is C14H17BrClNO. The zero-order valence-electron chi connectivity index (χ0n) is 10.6. The molecule has 98 valence electrons. The van der Waals surface area contributed by atoms with Gasteiger partial charge in [-0.05, 0) is 36.0 Å². The predicted molar refractivity (Wildman–Crippen MR) is 79.5 cm³/mol. The fourth-order valence-electron chi connectivity index (χ4n) is 2.14. The van der Waals surface area contributed by atoms with Gasteiger partial charge in [0.2, 0.25) is 5.91 Å². The zero-order chi connectivity index (χ0) is 13.3. The van der Waals surface area contributed by atoms with Crippen LogP contribution < -0.4 is 5.32 Å². The summed E-state index contributed by atoms with van der Waals surface area (Å²) < 4.78 is 0. The Kier molecular flexibility index (Phi) is 4.33. The van der Waals surface area contributed by atoms with Crippen LogP contribution in [0.15, 0.2) is 12.1 Å². The fourth-order valence-corrected chi connectivity index (χ4v) is 3.21. The van der Waals surface area contributed by atoms with E-state index in [9.17, 15) is 4.79 Å². The molecule has 2 nitrogen and oxygen atoms in total. The van der Waals surface area contributed by atoms with Crippen LogP contribution >= 0.6 is 27.5 Å². The van der Waals surface area contributed by atoms with E-state index in [1.165, 1.54) is 0 Å². The lowest BCUT2D eigenvalue weighted by Gasteiger charge is -2.15. The van der Waals surface area contributed by atoms with Crippen LogP contribution in [-0.4, -0.2) is 5.91 Å². The molecule has 0 aliphatic carbocycles. The number of amides is 1. The highest BCUT2D eigenvalue weighted by Crippen LogP contribution is 2.38. The normalized spacial score (nSPS) is 15.7. The van der Waals surface area contributed by atoms with Crippen molar-refractivity contribution in [2.75, 3.05) is 5.32 Å². The molecule has 0 spiro atoms. The van der Waals surface area contributed by atoms with Crippen molar-refractivity contribution in [2.24, 2.45) is 5.92 Å². The molecule has 1 atom stereocenters. The molecule has 1 aliphatic rings. The second-order valence-electron chi connectivity index (χ2n) is 5.19. The Morgan fingerprint density at radius 1 is 1.39 bits per heavy atom. The number of halogens is 2. The molecule has 2 rings (SSSR count). The SMILES string of the molecule is CC(C)CCC(Br)c1cc2c(cc1Cl)NC(=O)C2. The first kappa shape index (κ1) is 13.9. The van der Waals surface area contributed by atoms with Crippen LogP contribution in [0.1, 0.15) is 42.6 Å². The number of hydrogen-bond donors (Lipinski definition) is 1. The maximum Gasteiger partial charge on any atom is 0.228 e. The Labute approximate surface area is 121 Å². The summed E-state index contributed by atoms with van der Waals surface area (Å²) in [5, 5.41) is 3.54. The molecule has 1 unspecified atom stereocenters. The molecule has 1 heterocycles. The molecule has 0 fully saturated rings. The third-order valence-corrected chi connectivity index (χ3v) is 4.46. The number of hydrogen-bond acceptors (Lipinski definition) is 1. The molecule has 0 saturated carbocycles. The third-order valence-electron chi connectivity index (χ3n) is 3.18. The number of nitrogens with one attached hydrogen (secondary N) is 1. The summed E-state index contributed by atoms with van der Waals surface area (Å²) in [7, 11) is 0. The summed E-state index contributed by atoms with van der Waals surface area (Å²) in [6.45, 7) is 4.43. The summed E-state index contributed by atoms with van der Waals surface area (Å²) >= 11 is 9.98. The number of fused-ring (bicyclic) bond motifs is 1. The van der Waals surface area contributed by atoms with Crippen LogP contribution in [0.3, 0.4) is 0 Å². The highest BCUT2D eigenvalue weighted by atomic mass is 79.9. The van der Waals surface area contributed by atoms with E-state index in [-0.39, 0.29) is 10.7 Å². The molecule has 0 bridgehead atoms. The third kappa shape index (κ3) is 3.07. The van der Waals surface area contributed by atoms with Crippen molar-refractivity contribution >= 4 is 39.1 Å². The summed E-state index contributed by atoms with van der Waals surface area (Å²) in [6.07, 6.45) is 2.67. The number of benzene rings is 1. The van der Waals surface area contributed by atoms with Crippen molar-refractivity contribution in [1.29, 1.82) is 0 Å². The zero-order valence-corrected chi connectivity index (χ0v) is 12.9. The smallest absolute Gasteiger partial charge is 0.228 e. The number of alkyl halides is 1. The van der Waals surface area contributed by atoms with Gasteiger partial charge in [0.05, 0.1) is 6.42 Å². The first-order valence-corrected chi connectivity index (χ1v) is 7.53. The quantitative estimate of drug-likeness (QED) is 0.796. The standard InChI is InChI=1S/C14H17BrClNO/c1-8(2)3-4-11(15)10-5-9-6-14(18)17-13(9)7-12(10)16/h5,7-8,11H,3-4,6H2,1-2H3,(H,17,18). The molecule has 0 aromatic heterocycles. The average molecular weight is 331 g/mol. The van der Waals surface area contributed by atoms with Crippen LogP contribution in [0, 0.1) is 5.92 Å². The number of anilines is 1. The fraction of sp³-hybridized carbons (Fsp3) is 0.500. The second-order valence-corrected chi connectivity index (χ2v) is 6.71.